The minimum atomic E-state index is -2.14. The molecule has 118 valence electrons. The van der Waals surface area contributed by atoms with Crippen molar-refractivity contribution in [3.8, 4) is 0 Å². The van der Waals surface area contributed by atoms with Crippen LogP contribution < -0.4 is 0 Å². The largest absolute Gasteiger partial charge is 0.396 e. The lowest BCUT2D eigenvalue weighted by atomic mass is 9.91. The molecule has 0 unspecified atom stereocenters. The van der Waals surface area contributed by atoms with Crippen molar-refractivity contribution in [2.75, 3.05) is 13.2 Å². The number of benzene rings is 1. The molecule has 0 amide bonds. The minimum absolute atomic E-state index is 0.0616. The highest BCUT2D eigenvalue weighted by atomic mass is 19.2. The van der Waals surface area contributed by atoms with Gasteiger partial charge in [-0.25, -0.2) is 22.0 Å². The molecular formula is C14H16F5NO. The molecule has 1 aromatic carbocycles. The van der Waals surface area contributed by atoms with Crippen LogP contribution in [0.2, 0.25) is 0 Å². The van der Waals surface area contributed by atoms with Gasteiger partial charge < -0.3 is 5.11 Å². The van der Waals surface area contributed by atoms with Gasteiger partial charge in [0, 0.05) is 31.3 Å². The summed E-state index contributed by atoms with van der Waals surface area (Å²) in [5.41, 5.74) is -0.809. The highest BCUT2D eigenvalue weighted by molar-refractivity contribution is 5.24. The van der Waals surface area contributed by atoms with E-state index in [4.69, 9.17) is 5.11 Å². The van der Waals surface area contributed by atoms with E-state index in [2.05, 4.69) is 0 Å². The van der Waals surface area contributed by atoms with Crippen molar-refractivity contribution in [3.05, 3.63) is 34.6 Å². The van der Waals surface area contributed by atoms with Crippen molar-refractivity contribution in [2.45, 2.75) is 38.3 Å². The monoisotopic (exact) mass is 309 g/mol. The van der Waals surface area contributed by atoms with Crippen LogP contribution in [0.15, 0.2) is 0 Å². The molecule has 0 saturated heterocycles. The Labute approximate surface area is 119 Å². The van der Waals surface area contributed by atoms with Crippen LogP contribution in [-0.2, 0) is 6.54 Å². The zero-order valence-electron chi connectivity index (χ0n) is 11.3. The predicted octanol–water partition coefficient (Wildman–Crippen LogP) is 3.12. The molecule has 1 aromatic rings. The minimum Gasteiger partial charge on any atom is -0.396 e. The van der Waals surface area contributed by atoms with Gasteiger partial charge in [-0.3, -0.25) is 4.90 Å². The van der Waals surface area contributed by atoms with Gasteiger partial charge in [0.2, 0.25) is 5.82 Å². The SMILES string of the molecule is OCCCN(Cc1c(F)c(F)c(F)c(F)c1F)C1CCC1. The molecule has 2 nitrogen and oxygen atoms in total. The lowest BCUT2D eigenvalue weighted by Crippen LogP contribution is -2.41. The van der Waals surface area contributed by atoms with E-state index in [0.717, 1.165) is 19.3 Å². The molecule has 7 heteroatoms. The van der Waals surface area contributed by atoms with E-state index in [1.165, 1.54) is 0 Å². The highest BCUT2D eigenvalue weighted by Gasteiger charge is 2.30. The molecule has 0 bridgehead atoms. The van der Waals surface area contributed by atoms with Gasteiger partial charge in [0.15, 0.2) is 23.3 Å². The average Bonchev–Trinajstić information content (AvgIpc) is 2.42. The van der Waals surface area contributed by atoms with Crippen molar-refractivity contribution >= 4 is 0 Å². The van der Waals surface area contributed by atoms with Crippen molar-refractivity contribution in [3.63, 3.8) is 0 Å². The fraction of sp³-hybridized carbons (Fsp3) is 0.571. The van der Waals surface area contributed by atoms with E-state index in [1.807, 2.05) is 0 Å². The summed E-state index contributed by atoms with van der Waals surface area (Å²) < 4.78 is 66.7. The third-order valence-corrected chi connectivity index (χ3v) is 3.86. The number of halogens is 5. The Balaban J connectivity index is 2.27. The van der Waals surface area contributed by atoms with Crippen molar-refractivity contribution in [1.82, 2.24) is 4.90 Å². The highest BCUT2D eigenvalue weighted by Crippen LogP contribution is 2.29. The molecular weight excluding hydrogens is 293 g/mol. The van der Waals surface area contributed by atoms with Crippen LogP contribution in [0.25, 0.3) is 0 Å². The smallest absolute Gasteiger partial charge is 0.200 e. The van der Waals surface area contributed by atoms with Crippen LogP contribution in [0.1, 0.15) is 31.2 Å². The molecule has 1 fully saturated rings. The Morgan fingerprint density at radius 3 is 1.86 bits per heavy atom. The summed E-state index contributed by atoms with van der Waals surface area (Å²) in [6.07, 6.45) is 2.99. The van der Waals surface area contributed by atoms with Crippen LogP contribution in [0, 0.1) is 29.1 Å². The topological polar surface area (TPSA) is 23.5 Å². The standard InChI is InChI=1S/C14H16F5NO/c15-10-9(11(16)13(18)14(19)12(10)17)7-20(5-2-6-21)8-3-1-4-8/h8,21H,1-7H2. The van der Waals surface area contributed by atoms with E-state index in [9.17, 15) is 22.0 Å². The number of aliphatic hydroxyl groups is 1. The lowest BCUT2D eigenvalue weighted by molar-refractivity contribution is 0.106. The molecule has 0 radical (unpaired) electrons. The molecule has 21 heavy (non-hydrogen) atoms. The summed E-state index contributed by atoms with van der Waals surface area (Å²) in [5.74, 6) is -9.53. The molecule has 0 aromatic heterocycles. The number of nitrogens with zero attached hydrogens (tertiary/aromatic N) is 1. The Morgan fingerprint density at radius 2 is 1.43 bits per heavy atom. The van der Waals surface area contributed by atoms with Crippen LogP contribution >= 0.6 is 0 Å². The molecule has 1 aliphatic carbocycles. The van der Waals surface area contributed by atoms with E-state index >= 15 is 0 Å². The number of hydrogen-bond acceptors (Lipinski definition) is 2. The maximum absolute atomic E-state index is 13.7. The maximum Gasteiger partial charge on any atom is 0.200 e. The van der Waals surface area contributed by atoms with Crippen LogP contribution in [0.4, 0.5) is 22.0 Å². The molecule has 0 heterocycles. The number of aliphatic hydroxyl groups excluding tert-OH is 1. The van der Waals surface area contributed by atoms with Crippen molar-refractivity contribution < 1.29 is 27.1 Å². The first-order chi connectivity index (χ1) is 9.97. The second-order valence-electron chi connectivity index (χ2n) is 5.18. The van der Waals surface area contributed by atoms with Gasteiger partial charge >= 0.3 is 0 Å². The average molecular weight is 309 g/mol. The van der Waals surface area contributed by atoms with E-state index in [-0.39, 0.29) is 19.2 Å². The van der Waals surface area contributed by atoms with E-state index in [0.29, 0.717) is 13.0 Å². The summed E-state index contributed by atoms with van der Waals surface area (Å²) in [4.78, 5) is 1.66. The van der Waals surface area contributed by atoms with Crippen molar-refractivity contribution in [2.24, 2.45) is 0 Å². The summed E-state index contributed by atoms with van der Waals surface area (Å²) in [5, 5.41) is 8.84. The second-order valence-corrected chi connectivity index (χ2v) is 5.18. The van der Waals surface area contributed by atoms with Gasteiger partial charge in [0.1, 0.15) is 0 Å². The Hall–Kier alpha value is -1.21. The van der Waals surface area contributed by atoms with Crippen molar-refractivity contribution in [1.29, 1.82) is 0 Å². The first kappa shape index (κ1) is 16.2. The molecule has 0 spiro atoms. The van der Waals surface area contributed by atoms with Gasteiger partial charge in [-0.15, -0.1) is 0 Å². The summed E-state index contributed by atoms with van der Waals surface area (Å²) >= 11 is 0. The zero-order chi connectivity index (χ0) is 15.6. The zero-order valence-corrected chi connectivity index (χ0v) is 11.3. The summed E-state index contributed by atoms with van der Waals surface area (Å²) in [6, 6.07) is 0.0616. The number of rotatable bonds is 6. The van der Waals surface area contributed by atoms with Crippen LogP contribution in [0.3, 0.4) is 0 Å². The molecule has 1 aliphatic rings. The normalized spacial score (nSPS) is 15.6. The maximum atomic E-state index is 13.7. The number of hydrogen-bond donors (Lipinski definition) is 1. The molecule has 1 saturated carbocycles. The molecule has 2 rings (SSSR count). The molecule has 0 atom stereocenters. The Bertz CT molecular complexity index is 490. The first-order valence-corrected chi connectivity index (χ1v) is 6.82. The van der Waals surface area contributed by atoms with Gasteiger partial charge in [0.05, 0.1) is 0 Å². The van der Waals surface area contributed by atoms with Gasteiger partial charge in [-0.1, -0.05) is 6.42 Å². The first-order valence-electron chi connectivity index (χ1n) is 6.82. The third-order valence-electron chi connectivity index (χ3n) is 3.86. The van der Waals surface area contributed by atoms with E-state index < -0.39 is 34.6 Å². The summed E-state index contributed by atoms with van der Waals surface area (Å²) in [7, 11) is 0. The van der Waals surface area contributed by atoms with Gasteiger partial charge in [-0.2, -0.15) is 0 Å². The van der Waals surface area contributed by atoms with Crippen LogP contribution in [-0.4, -0.2) is 29.2 Å². The Morgan fingerprint density at radius 1 is 0.905 bits per heavy atom. The predicted molar refractivity (Wildman–Crippen MR) is 66.0 cm³/mol. The van der Waals surface area contributed by atoms with E-state index in [1.54, 1.807) is 4.90 Å². The summed E-state index contributed by atoms with van der Waals surface area (Å²) in [6.45, 7) is -0.0998. The second kappa shape index (κ2) is 6.70. The fourth-order valence-corrected chi connectivity index (χ4v) is 2.41. The van der Waals surface area contributed by atoms with Gasteiger partial charge in [-0.05, 0) is 19.3 Å². The van der Waals surface area contributed by atoms with Gasteiger partial charge in [0.25, 0.3) is 0 Å². The molecule has 1 N–H and O–H groups in total. The quantitative estimate of drug-likeness (QED) is 0.496. The lowest BCUT2D eigenvalue weighted by Gasteiger charge is -2.37. The fourth-order valence-electron chi connectivity index (χ4n) is 2.41. The molecule has 0 aliphatic heterocycles. The third kappa shape index (κ3) is 3.18. The van der Waals surface area contributed by atoms with Crippen LogP contribution in [0.5, 0.6) is 0 Å². The Kier molecular flexibility index (Phi) is 5.16.